The first kappa shape index (κ1) is 13.1. The van der Waals surface area contributed by atoms with Gasteiger partial charge >= 0.3 is 0 Å². The van der Waals surface area contributed by atoms with E-state index in [1.165, 1.54) is 0 Å². The molecule has 2 N–H and O–H groups in total. The third-order valence-electron chi connectivity index (χ3n) is 3.70. The van der Waals surface area contributed by atoms with Gasteiger partial charge in [-0.3, -0.25) is 9.82 Å². The Bertz CT molecular complexity index is 963. The number of anilines is 1. The number of hydrogen-bond donors (Lipinski definition) is 2. The lowest BCUT2D eigenvalue weighted by Crippen LogP contribution is -2.13. The van der Waals surface area contributed by atoms with Gasteiger partial charge < -0.3 is 4.74 Å². The fraction of sp³-hybridized carbons (Fsp3) is 0.133. The minimum Gasteiger partial charge on any atom is -0.493 e. The topological polar surface area (TPSA) is 84.1 Å². The number of aromatic nitrogens is 2. The van der Waals surface area contributed by atoms with Gasteiger partial charge in [0.05, 0.1) is 28.9 Å². The second-order valence-corrected chi connectivity index (χ2v) is 6.79. The second kappa shape index (κ2) is 4.74. The van der Waals surface area contributed by atoms with E-state index < -0.39 is 10.0 Å². The first-order chi connectivity index (χ1) is 10.6. The van der Waals surface area contributed by atoms with Crippen LogP contribution < -0.4 is 9.46 Å². The number of benzene rings is 2. The van der Waals surface area contributed by atoms with E-state index in [1.807, 2.05) is 6.07 Å². The molecular weight excluding hydrogens is 302 g/mol. The summed E-state index contributed by atoms with van der Waals surface area (Å²) in [6, 6.07) is 10.3. The summed E-state index contributed by atoms with van der Waals surface area (Å²) in [5.41, 5.74) is 2.20. The van der Waals surface area contributed by atoms with Crippen LogP contribution in [0.15, 0.2) is 47.5 Å². The molecule has 2 heterocycles. The molecule has 6 nitrogen and oxygen atoms in total. The average Bonchev–Trinajstić information content (AvgIpc) is 3.15. The smallest absolute Gasteiger partial charge is 0.261 e. The van der Waals surface area contributed by atoms with E-state index in [2.05, 4.69) is 14.9 Å². The Morgan fingerprint density at radius 2 is 2.14 bits per heavy atom. The van der Waals surface area contributed by atoms with Crippen LogP contribution in [0.2, 0.25) is 0 Å². The number of nitrogens with zero attached hydrogens (tertiary/aromatic N) is 1. The molecule has 2 aromatic carbocycles. The maximum Gasteiger partial charge on any atom is 0.261 e. The normalized spacial score (nSPS) is 13.8. The zero-order chi connectivity index (χ0) is 15.2. The van der Waals surface area contributed by atoms with Gasteiger partial charge in [-0.15, -0.1) is 0 Å². The molecule has 0 bridgehead atoms. The minimum atomic E-state index is -3.65. The maximum atomic E-state index is 12.6. The summed E-state index contributed by atoms with van der Waals surface area (Å²) in [7, 11) is -3.65. The highest BCUT2D eigenvalue weighted by Crippen LogP contribution is 2.29. The summed E-state index contributed by atoms with van der Waals surface area (Å²) in [6.45, 7) is 0.598. The molecule has 0 spiro atoms. The Hall–Kier alpha value is -2.54. The summed E-state index contributed by atoms with van der Waals surface area (Å²) in [4.78, 5) is 0.234. The highest BCUT2D eigenvalue weighted by molar-refractivity contribution is 7.92. The van der Waals surface area contributed by atoms with Crippen LogP contribution in [0, 0.1) is 0 Å². The molecule has 0 saturated heterocycles. The highest BCUT2D eigenvalue weighted by atomic mass is 32.2. The molecule has 4 rings (SSSR count). The SMILES string of the molecule is O=S(=O)(Nc1cccc2[nH]ncc12)c1ccc2c(c1)CCO2. The van der Waals surface area contributed by atoms with Gasteiger partial charge in [0.1, 0.15) is 5.75 Å². The number of nitrogens with one attached hydrogen (secondary N) is 2. The molecule has 22 heavy (non-hydrogen) atoms. The van der Waals surface area contributed by atoms with Crippen LogP contribution in [0.4, 0.5) is 5.69 Å². The van der Waals surface area contributed by atoms with Crippen molar-refractivity contribution in [2.75, 3.05) is 11.3 Å². The van der Waals surface area contributed by atoms with Crippen molar-refractivity contribution in [2.24, 2.45) is 0 Å². The quantitative estimate of drug-likeness (QED) is 0.777. The first-order valence-electron chi connectivity index (χ1n) is 6.84. The summed E-state index contributed by atoms with van der Waals surface area (Å²) in [6.07, 6.45) is 2.33. The molecule has 0 amide bonds. The molecule has 1 aliphatic heterocycles. The molecule has 0 radical (unpaired) electrons. The van der Waals surface area contributed by atoms with E-state index in [4.69, 9.17) is 4.74 Å². The molecule has 0 saturated carbocycles. The lowest BCUT2D eigenvalue weighted by molar-refractivity contribution is 0.356. The molecule has 0 atom stereocenters. The monoisotopic (exact) mass is 315 g/mol. The van der Waals surface area contributed by atoms with Crippen LogP contribution in [0.3, 0.4) is 0 Å². The van der Waals surface area contributed by atoms with Gasteiger partial charge in [-0.25, -0.2) is 8.42 Å². The molecule has 0 unspecified atom stereocenters. The van der Waals surface area contributed by atoms with Crippen molar-refractivity contribution in [3.8, 4) is 5.75 Å². The van der Waals surface area contributed by atoms with Crippen LogP contribution in [0.5, 0.6) is 5.75 Å². The predicted octanol–water partition coefficient (Wildman–Crippen LogP) is 2.30. The van der Waals surface area contributed by atoms with E-state index in [0.717, 1.165) is 28.6 Å². The van der Waals surface area contributed by atoms with E-state index >= 15 is 0 Å². The Morgan fingerprint density at radius 3 is 3.05 bits per heavy atom. The highest BCUT2D eigenvalue weighted by Gasteiger charge is 2.20. The van der Waals surface area contributed by atoms with Crippen LogP contribution in [0.25, 0.3) is 10.9 Å². The van der Waals surface area contributed by atoms with Gasteiger partial charge in [-0.05, 0) is 35.9 Å². The molecule has 3 aromatic rings. The van der Waals surface area contributed by atoms with Crippen molar-refractivity contribution in [1.82, 2.24) is 10.2 Å². The maximum absolute atomic E-state index is 12.6. The van der Waals surface area contributed by atoms with Crippen molar-refractivity contribution >= 4 is 26.6 Å². The summed E-state index contributed by atoms with van der Waals surface area (Å²) in [5, 5.41) is 7.49. The Morgan fingerprint density at radius 1 is 1.23 bits per heavy atom. The van der Waals surface area contributed by atoms with Gasteiger partial charge in [-0.1, -0.05) is 6.07 Å². The Kier molecular flexibility index (Phi) is 2.83. The van der Waals surface area contributed by atoms with Crippen molar-refractivity contribution in [2.45, 2.75) is 11.3 Å². The number of hydrogen-bond acceptors (Lipinski definition) is 4. The van der Waals surface area contributed by atoms with Gasteiger partial charge in [0, 0.05) is 11.8 Å². The average molecular weight is 315 g/mol. The van der Waals surface area contributed by atoms with Gasteiger partial charge in [-0.2, -0.15) is 5.10 Å². The number of ether oxygens (including phenoxy) is 1. The zero-order valence-corrected chi connectivity index (χ0v) is 12.4. The van der Waals surface area contributed by atoms with E-state index in [9.17, 15) is 8.42 Å². The van der Waals surface area contributed by atoms with Crippen molar-refractivity contribution in [1.29, 1.82) is 0 Å². The van der Waals surface area contributed by atoms with E-state index in [0.29, 0.717) is 12.3 Å². The van der Waals surface area contributed by atoms with Crippen molar-refractivity contribution < 1.29 is 13.2 Å². The zero-order valence-electron chi connectivity index (χ0n) is 11.5. The number of aromatic amines is 1. The van der Waals surface area contributed by atoms with Crippen LogP contribution >= 0.6 is 0 Å². The van der Waals surface area contributed by atoms with Crippen molar-refractivity contribution in [3.63, 3.8) is 0 Å². The fourth-order valence-corrected chi connectivity index (χ4v) is 3.72. The van der Waals surface area contributed by atoms with E-state index in [1.54, 1.807) is 36.5 Å². The summed E-state index contributed by atoms with van der Waals surface area (Å²) < 4.78 is 33.2. The number of H-pyrrole nitrogens is 1. The predicted molar refractivity (Wildman–Crippen MR) is 82.5 cm³/mol. The molecule has 7 heteroatoms. The number of sulfonamides is 1. The summed E-state index contributed by atoms with van der Waals surface area (Å²) in [5.74, 6) is 0.760. The van der Waals surface area contributed by atoms with Crippen molar-refractivity contribution in [3.05, 3.63) is 48.2 Å². The molecular formula is C15H13N3O3S. The lowest BCUT2D eigenvalue weighted by Gasteiger charge is -2.10. The largest absolute Gasteiger partial charge is 0.493 e. The standard InChI is InChI=1S/C15H13N3O3S/c19-22(20,11-4-5-15-10(8-11)6-7-21-15)18-14-3-1-2-13-12(14)9-16-17-13/h1-5,8-9,18H,6-7H2,(H,16,17). The van der Waals surface area contributed by atoms with Gasteiger partial charge in [0.15, 0.2) is 0 Å². The van der Waals surface area contributed by atoms with E-state index in [-0.39, 0.29) is 4.90 Å². The molecule has 0 fully saturated rings. The molecule has 1 aromatic heterocycles. The fourth-order valence-electron chi connectivity index (χ4n) is 2.59. The molecule has 0 aliphatic carbocycles. The van der Waals surface area contributed by atoms with Crippen LogP contribution in [-0.4, -0.2) is 25.2 Å². The Balaban J connectivity index is 1.74. The van der Waals surface area contributed by atoms with Crippen LogP contribution in [-0.2, 0) is 16.4 Å². The van der Waals surface area contributed by atoms with Gasteiger partial charge in [0.2, 0.25) is 0 Å². The van der Waals surface area contributed by atoms with Crippen LogP contribution in [0.1, 0.15) is 5.56 Å². The minimum absolute atomic E-state index is 0.234. The third-order valence-corrected chi connectivity index (χ3v) is 5.06. The Labute approximate surface area is 127 Å². The first-order valence-corrected chi connectivity index (χ1v) is 8.32. The number of rotatable bonds is 3. The summed E-state index contributed by atoms with van der Waals surface area (Å²) >= 11 is 0. The lowest BCUT2D eigenvalue weighted by atomic mass is 10.2. The number of fused-ring (bicyclic) bond motifs is 2. The van der Waals surface area contributed by atoms with Gasteiger partial charge in [0.25, 0.3) is 10.0 Å². The molecule has 112 valence electrons. The molecule has 1 aliphatic rings. The third kappa shape index (κ3) is 2.10. The second-order valence-electron chi connectivity index (χ2n) is 5.11.